The second kappa shape index (κ2) is 7.53. The molecule has 6 heteroatoms. The molecule has 1 saturated heterocycles. The fraction of sp³-hybridized carbons (Fsp3) is 0.556. The summed E-state index contributed by atoms with van der Waals surface area (Å²) in [4.78, 5) is 27.0. The van der Waals surface area contributed by atoms with Crippen LogP contribution in [-0.4, -0.2) is 42.0 Å². The highest BCUT2D eigenvalue weighted by Gasteiger charge is 2.40. The molecule has 1 N–H and O–H groups in total. The number of hydrogen-bond acceptors (Lipinski definition) is 4. The second-order valence-electron chi connectivity index (χ2n) is 7.11. The highest BCUT2D eigenvalue weighted by atomic mass is 35.5. The van der Waals surface area contributed by atoms with E-state index in [0.717, 1.165) is 12.0 Å². The van der Waals surface area contributed by atoms with E-state index in [4.69, 9.17) is 16.3 Å². The number of benzene rings is 1. The van der Waals surface area contributed by atoms with Gasteiger partial charge in [-0.05, 0) is 51.3 Å². The van der Waals surface area contributed by atoms with E-state index in [-0.39, 0.29) is 17.4 Å². The zero-order valence-electron chi connectivity index (χ0n) is 14.6. The summed E-state index contributed by atoms with van der Waals surface area (Å²) in [6.45, 7) is 6.48. The molecule has 0 bridgehead atoms. The van der Waals surface area contributed by atoms with E-state index >= 15 is 0 Å². The van der Waals surface area contributed by atoms with Crippen LogP contribution in [0, 0.1) is 0 Å². The fourth-order valence-electron chi connectivity index (χ4n) is 3.06. The van der Waals surface area contributed by atoms with Crippen molar-refractivity contribution in [2.75, 3.05) is 13.7 Å². The molecule has 132 valence electrons. The van der Waals surface area contributed by atoms with Gasteiger partial charge in [-0.15, -0.1) is 0 Å². The summed E-state index contributed by atoms with van der Waals surface area (Å²) < 4.78 is 4.92. The first-order valence-electron chi connectivity index (χ1n) is 8.14. The summed E-state index contributed by atoms with van der Waals surface area (Å²) in [5.41, 5.74) is 0.458. The van der Waals surface area contributed by atoms with E-state index in [1.807, 2.05) is 37.8 Å². The Balaban J connectivity index is 2.36. The van der Waals surface area contributed by atoms with Crippen LogP contribution in [-0.2, 0) is 14.3 Å². The molecule has 1 aromatic carbocycles. The Morgan fingerprint density at radius 3 is 2.46 bits per heavy atom. The van der Waals surface area contributed by atoms with Crippen LogP contribution in [0.4, 0.5) is 0 Å². The number of likely N-dealkylation sites (tertiary alicyclic amines) is 1. The Morgan fingerprint density at radius 2 is 1.92 bits per heavy atom. The van der Waals surface area contributed by atoms with Crippen molar-refractivity contribution in [1.29, 1.82) is 0 Å². The van der Waals surface area contributed by atoms with Crippen LogP contribution < -0.4 is 5.32 Å². The average molecular weight is 353 g/mol. The van der Waals surface area contributed by atoms with Gasteiger partial charge >= 0.3 is 5.97 Å². The largest absolute Gasteiger partial charge is 0.468 e. The Labute approximate surface area is 148 Å². The molecular weight excluding hydrogens is 328 g/mol. The Hall–Kier alpha value is -1.59. The Kier molecular flexibility index (Phi) is 5.88. The maximum Gasteiger partial charge on any atom is 0.323 e. The molecule has 2 atom stereocenters. The molecule has 0 saturated carbocycles. The van der Waals surface area contributed by atoms with Crippen LogP contribution >= 0.6 is 11.6 Å². The minimum Gasteiger partial charge on any atom is -0.468 e. The predicted octanol–water partition coefficient (Wildman–Crippen LogP) is 2.93. The van der Waals surface area contributed by atoms with Crippen molar-refractivity contribution < 1.29 is 14.3 Å². The first-order valence-corrected chi connectivity index (χ1v) is 8.52. The standard InChI is InChI=1S/C18H25ClN2O3/c1-18(2,3)20-16(22)15(12-7-9-13(19)10-8-12)21-11-5-6-14(21)17(23)24-4/h7-10,14-15H,5-6,11H2,1-4H3,(H,20,22)/t14-,15-/m0/s1. The third-order valence-corrected chi connectivity index (χ3v) is 4.28. The Bertz CT molecular complexity index is 595. The number of rotatable bonds is 4. The number of nitrogens with one attached hydrogen (secondary N) is 1. The highest BCUT2D eigenvalue weighted by Crippen LogP contribution is 2.31. The molecule has 24 heavy (non-hydrogen) atoms. The van der Waals surface area contributed by atoms with E-state index in [0.29, 0.717) is 18.0 Å². The number of methoxy groups -OCH3 is 1. The quantitative estimate of drug-likeness (QED) is 0.846. The molecule has 1 amide bonds. The van der Waals surface area contributed by atoms with Crippen molar-refractivity contribution >= 4 is 23.5 Å². The number of hydrogen-bond donors (Lipinski definition) is 1. The minimum absolute atomic E-state index is 0.124. The van der Waals surface area contributed by atoms with Gasteiger partial charge in [-0.1, -0.05) is 23.7 Å². The average Bonchev–Trinajstić information content (AvgIpc) is 2.96. The van der Waals surface area contributed by atoms with Gasteiger partial charge < -0.3 is 10.1 Å². The summed E-state index contributed by atoms with van der Waals surface area (Å²) in [7, 11) is 1.38. The SMILES string of the molecule is COC(=O)[C@@H]1CCCN1[C@H](C(=O)NC(C)(C)C)c1ccc(Cl)cc1. The third kappa shape index (κ3) is 4.48. The molecule has 1 heterocycles. The van der Waals surface area contributed by atoms with Crippen LogP contribution in [0.2, 0.25) is 5.02 Å². The van der Waals surface area contributed by atoms with Crippen molar-refractivity contribution in [3.8, 4) is 0 Å². The molecule has 5 nitrogen and oxygen atoms in total. The van der Waals surface area contributed by atoms with Crippen molar-refractivity contribution in [2.45, 2.75) is 51.2 Å². The van der Waals surface area contributed by atoms with E-state index in [2.05, 4.69) is 5.32 Å². The first kappa shape index (κ1) is 18.7. The van der Waals surface area contributed by atoms with Crippen molar-refractivity contribution in [1.82, 2.24) is 10.2 Å². The lowest BCUT2D eigenvalue weighted by molar-refractivity contribution is -0.147. The molecule has 0 aromatic heterocycles. The summed E-state index contributed by atoms with van der Waals surface area (Å²) >= 11 is 5.98. The van der Waals surface area contributed by atoms with Gasteiger partial charge in [-0.2, -0.15) is 0 Å². The molecular formula is C18H25ClN2O3. The van der Waals surface area contributed by atoms with Gasteiger partial charge in [0.1, 0.15) is 12.1 Å². The first-order chi connectivity index (χ1) is 11.2. The Morgan fingerprint density at radius 1 is 1.29 bits per heavy atom. The summed E-state index contributed by atoms with van der Waals surface area (Å²) in [6, 6.07) is 6.24. The van der Waals surface area contributed by atoms with Crippen molar-refractivity contribution in [3.05, 3.63) is 34.9 Å². The van der Waals surface area contributed by atoms with Gasteiger partial charge in [0.25, 0.3) is 0 Å². The van der Waals surface area contributed by atoms with Gasteiger partial charge in [0.05, 0.1) is 7.11 Å². The van der Waals surface area contributed by atoms with Crippen molar-refractivity contribution in [3.63, 3.8) is 0 Å². The summed E-state index contributed by atoms with van der Waals surface area (Å²) in [5, 5.41) is 3.63. The topological polar surface area (TPSA) is 58.6 Å². The second-order valence-corrected chi connectivity index (χ2v) is 7.55. The smallest absolute Gasteiger partial charge is 0.323 e. The number of ether oxygens (including phenoxy) is 1. The molecule has 1 aliphatic heterocycles. The molecule has 0 aliphatic carbocycles. The lowest BCUT2D eigenvalue weighted by Crippen LogP contribution is -2.50. The highest BCUT2D eigenvalue weighted by molar-refractivity contribution is 6.30. The molecule has 1 fully saturated rings. The van der Waals surface area contributed by atoms with Gasteiger partial charge in [0, 0.05) is 17.1 Å². The molecule has 1 aliphatic rings. The maximum absolute atomic E-state index is 12.9. The van der Waals surface area contributed by atoms with E-state index < -0.39 is 12.1 Å². The number of nitrogens with zero attached hydrogens (tertiary/aromatic N) is 1. The molecule has 1 aromatic rings. The molecule has 0 radical (unpaired) electrons. The van der Waals surface area contributed by atoms with Crippen LogP contribution in [0.3, 0.4) is 0 Å². The fourth-order valence-corrected chi connectivity index (χ4v) is 3.19. The summed E-state index contributed by atoms with van der Waals surface area (Å²) in [6.07, 6.45) is 1.55. The van der Waals surface area contributed by atoms with Gasteiger partial charge in [-0.25, -0.2) is 0 Å². The predicted molar refractivity (Wildman–Crippen MR) is 93.8 cm³/mol. The molecule has 2 rings (SSSR count). The number of esters is 1. The van der Waals surface area contributed by atoms with Crippen LogP contribution in [0.15, 0.2) is 24.3 Å². The monoisotopic (exact) mass is 352 g/mol. The number of carbonyl (C=O) groups excluding carboxylic acids is 2. The molecule has 0 spiro atoms. The third-order valence-electron chi connectivity index (χ3n) is 4.03. The van der Waals surface area contributed by atoms with Crippen LogP contribution in [0.5, 0.6) is 0 Å². The lowest BCUT2D eigenvalue weighted by atomic mass is 10.0. The van der Waals surface area contributed by atoms with Gasteiger partial charge in [0.15, 0.2) is 0 Å². The van der Waals surface area contributed by atoms with Gasteiger partial charge in [-0.3, -0.25) is 14.5 Å². The number of halogens is 1. The van der Waals surface area contributed by atoms with Crippen LogP contribution in [0.1, 0.15) is 45.2 Å². The van der Waals surface area contributed by atoms with E-state index in [1.54, 1.807) is 12.1 Å². The number of amides is 1. The zero-order chi connectivity index (χ0) is 17.9. The van der Waals surface area contributed by atoms with Gasteiger partial charge in [0.2, 0.25) is 5.91 Å². The normalized spacial score (nSPS) is 19.8. The number of carbonyl (C=O) groups is 2. The zero-order valence-corrected chi connectivity index (χ0v) is 15.4. The molecule has 0 unspecified atom stereocenters. The maximum atomic E-state index is 12.9. The minimum atomic E-state index is -0.548. The van der Waals surface area contributed by atoms with Crippen molar-refractivity contribution in [2.24, 2.45) is 0 Å². The van der Waals surface area contributed by atoms with E-state index in [1.165, 1.54) is 7.11 Å². The van der Waals surface area contributed by atoms with Crippen LogP contribution in [0.25, 0.3) is 0 Å². The lowest BCUT2D eigenvalue weighted by Gasteiger charge is -2.33. The summed E-state index contributed by atoms with van der Waals surface area (Å²) in [5.74, 6) is -0.421. The van der Waals surface area contributed by atoms with E-state index in [9.17, 15) is 9.59 Å².